The number of para-hydroxylation sites is 1. The van der Waals surface area contributed by atoms with Crippen molar-refractivity contribution < 1.29 is 20.6 Å². The van der Waals surface area contributed by atoms with Crippen molar-refractivity contribution in [2.75, 3.05) is 26.2 Å². The van der Waals surface area contributed by atoms with Gasteiger partial charge in [0.25, 0.3) is 5.69 Å². The average molecular weight is 565 g/mol. The van der Waals surface area contributed by atoms with Crippen LogP contribution in [0.2, 0.25) is 0 Å². The predicted molar refractivity (Wildman–Crippen MR) is 168 cm³/mol. The highest BCUT2D eigenvalue weighted by molar-refractivity contribution is 6.03. The molecule has 0 aromatic heterocycles. The van der Waals surface area contributed by atoms with Crippen LogP contribution in [-0.2, 0) is 6.54 Å². The molecule has 4 N–H and O–H groups in total. The van der Waals surface area contributed by atoms with Crippen LogP contribution in [0, 0.1) is 10.1 Å². The number of phenolic OH excluding ortho intramolecular Hbond substituents is 2. The molecule has 0 radical (unpaired) electrons. The maximum Gasteiger partial charge on any atom is 0.273 e. The smallest absolute Gasteiger partial charge is 0.273 e. The first kappa shape index (κ1) is 29.9. The Kier molecular flexibility index (Phi) is 9.94. The summed E-state index contributed by atoms with van der Waals surface area (Å²) in [6, 6.07) is 29.4. The van der Waals surface area contributed by atoms with Gasteiger partial charge >= 0.3 is 0 Å². The van der Waals surface area contributed by atoms with Gasteiger partial charge in [-0.1, -0.05) is 78.9 Å². The summed E-state index contributed by atoms with van der Waals surface area (Å²) in [5, 5.41) is 36.3. The van der Waals surface area contributed by atoms with Crippen molar-refractivity contribution in [3.63, 3.8) is 0 Å². The summed E-state index contributed by atoms with van der Waals surface area (Å²) >= 11 is 0. The van der Waals surface area contributed by atoms with Gasteiger partial charge in [-0.15, -0.1) is 0 Å². The van der Waals surface area contributed by atoms with E-state index in [2.05, 4.69) is 14.9 Å². The third kappa shape index (κ3) is 6.95. The second-order valence-corrected chi connectivity index (χ2v) is 9.67. The molecular formula is C33H32N4O5. The number of nitro groups is 1. The zero-order valence-electron chi connectivity index (χ0n) is 22.9. The van der Waals surface area contributed by atoms with Crippen LogP contribution < -0.4 is 0 Å². The van der Waals surface area contributed by atoms with Gasteiger partial charge in [0.1, 0.15) is 11.5 Å². The lowest BCUT2D eigenvalue weighted by Gasteiger charge is -2.20. The largest absolute Gasteiger partial charge is 0.507 e. The quantitative estimate of drug-likeness (QED) is 0.123. The maximum atomic E-state index is 11.6. The fraction of sp³-hybridized carbons (Fsp3) is 0.152. The van der Waals surface area contributed by atoms with Crippen molar-refractivity contribution >= 4 is 39.7 Å². The lowest BCUT2D eigenvalue weighted by molar-refractivity contribution is -0.385. The molecule has 5 rings (SSSR count). The number of nitro benzene ring substituents is 1. The zero-order chi connectivity index (χ0) is 28.6. The van der Waals surface area contributed by atoms with Gasteiger partial charge < -0.3 is 15.7 Å². The fourth-order valence-electron chi connectivity index (χ4n) is 4.88. The summed E-state index contributed by atoms with van der Waals surface area (Å²) in [4.78, 5) is 22.5. The van der Waals surface area contributed by atoms with Gasteiger partial charge in [0.05, 0.1) is 18.0 Å². The van der Waals surface area contributed by atoms with Crippen molar-refractivity contribution in [2.24, 2.45) is 9.98 Å². The number of benzene rings is 5. The van der Waals surface area contributed by atoms with Crippen LogP contribution in [-0.4, -0.2) is 64.1 Å². The summed E-state index contributed by atoms with van der Waals surface area (Å²) in [7, 11) is 0. The lowest BCUT2D eigenvalue weighted by atomic mass is 10.0. The van der Waals surface area contributed by atoms with Crippen LogP contribution in [0.4, 0.5) is 5.69 Å². The molecule has 0 amide bonds. The first-order valence-electron chi connectivity index (χ1n) is 13.4. The maximum absolute atomic E-state index is 11.6. The van der Waals surface area contributed by atoms with E-state index in [0.29, 0.717) is 49.4 Å². The average Bonchev–Trinajstić information content (AvgIpc) is 2.99. The van der Waals surface area contributed by atoms with Crippen molar-refractivity contribution in [3.8, 4) is 11.5 Å². The molecule has 0 atom stereocenters. The Morgan fingerprint density at radius 1 is 0.690 bits per heavy atom. The number of hydrogen-bond donors (Lipinski definition) is 2. The Hall–Kier alpha value is -5.12. The number of rotatable bonds is 11. The minimum Gasteiger partial charge on any atom is -0.507 e. The van der Waals surface area contributed by atoms with E-state index in [1.807, 2.05) is 60.7 Å². The predicted octanol–water partition coefficient (Wildman–Crippen LogP) is 5.53. The summed E-state index contributed by atoms with van der Waals surface area (Å²) < 4.78 is 0. The monoisotopic (exact) mass is 564 g/mol. The Bertz CT molecular complexity index is 1650. The minimum atomic E-state index is -0.365. The normalized spacial score (nSPS) is 11.5. The molecule has 5 aromatic carbocycles. The van der Waals surface area contributed by atoms with Gasteiger partial charge in [-0.05, 0) is 33.7 Å². The highest BCUT2D eigenvalue weighted by Gasteiger charge is 2.16. The Morgan fingerprint density at radius 2 is 1.17 bits per heavy atom. The van der Waals surface area contributed by atoms with Gasteiger partial charge in [-0.3, -0.25) is 25.0 Å². The molecule has 0 aliphatic carbocycles. The summed E-state index contributed by atoms with van der Waals surface area (Å²) in [6.45, 7) is 2.28. The molecule has 0 fully saturated rings. The zero-order valence-corrected chi connectivity index (χ0v) is 22.9. The summed E-state index contributed by atoms with van der Waals surface area (Å²) in [6.07, 6.45) is 3.37. The third-order valence-corrected chi connectivity index (χ3v) is 7.01. The SMILES string of the molecule is O.O=[N+]([O-])c1ccccc1CN(CCN=Cc1c(O)ccc2ccccc12)CCN=Cc1c(O)ccc2ccccc12. The highest BCUT2D eigenvalue weighted by Crippen LogP contribution is 2.27. The first-order valence-corrected chi connectivity index (χ1v) is 13.4. The van der Waals surface area contributed by atoms with Crippen molar-refractivity contribution in [3.05, 3.63) is 124 Å². The van der Waals surface area contributed by atoms with E-state index in [1.54, 1.807) is 42.8 Å². The minimum absolute atomic E-state index is 0. The van der Waals surface area contributed by atoms with Crippen LogP contribution >= 0.6 is 0 Å². The van der Waals surface area contributed by atoms with E-state index < -0.39 is 0 Å². The van der Waals surface area contributed by atoms with Crippen LogP contribution in [0.5, 0.6) is 11.5 Å². The second-order valence-electron chi connectivity index (χ2n) is 9.67. The van der Waals surface area contributed by atoms with E-state index in [4.69, 9.17) is 0 Å². The Balaban J connectivity index is 0.00000405. The van der Waals surface area contributed by atoms with Gasteiger partial charge in [0, 0.05) is 54.8 Å². The first-order chi connectivity index (χ1) is 20.0. The van der Waals surface area contributed by atoms with E-state index in [-0.39, 0.29) is 27.6 Å². The molecule has 42 heavy (non-hydrogen) atoms. The molecule has 0 spiro atoms. The van der Waals surface area contributed by atoms with E-state index >= 15 is 0 Å². The number of nitrogens with zero attached hydrogens (tertiary/aromatic N) is 4. The molecule has 0 aliphatic heterocycles. The van der Waals surface area contributed by atoms with E-state index in [1.165, 1.54) is 6.07 Å². The number of fused-ring (bicyclic) bond motifs is 2. The third-order valence-electron chi connectivity index (χ3n) is 7.01. The van der Waals surface area contributed by atoms with Crippen molar-refractivity contribution in [2.45, 2.75) is 6.54 Å². The molecule has 214 valence electrons. The molecular weight excluding hydrogens is 532 g/mol. The molecule has 9 heteroatoms. The van der Waals surface area contributed by atoms with Crippen LogP contribution in [0.3, 0.4) is 0 Å². The molecule has 0 saturated carbocycles. The topological polar surface area (TPSA) is 143 Å². The number of phenols is 2. The van der Waals surface area contributed by atoms with Crippen molar-refractivity contribution in [1.82, 2.24) is 4.90 Å². The summed E-state index contributed by atoms with van der Waals surface area (Å²) in [5.74, 6) is 0.325. The van der Waals surface area contributed by atoms with Gasteiger partial charge in [0.15, 0.2) is 0 Å². The molecule has 9 nitrogen and oxygen atoms in total. The number of aromatic hydroxyl groups is 2. The molecule has 0 aliphatic rings. The van der Waals surface area contributed by atoms with Gasteiger partial charge in [-0.2, -0.15) is 0 Å². The van der Waals surface area contributed by atoms with Crippen LogP contribution in [0.25, 0.3) is 21.5 Å². The highest BCUT2D eigenvalue weighted by atomic mass is 16.6. The second kappa shape index (κ2) is 14.0. The van der Waals surface area contributed by atoms with Gasteiger partial charge in [0.2, 0.25) is 0 Å². The summed E-state index contributed by atoms with van der Waals surface area (Å²) in [5.41, 5.74) is 2.01. The lowest BCUT2D eigenvalue weighted by Crippen LogP contribution is -2.29. The van der Waals surface area contributed by atoms with Crippen LogP contribution in [0.1, 0.15) is 16.7 Å². The molecule has 0 unspecified atom stereocenters. The van der Waals surface area contributed by atoms with E-state index in [0.717, 1.165) is 21.5 Å². The molecule has 0 bridgehead atoms. The molecule has 0 saturated heterocycles. The van der Waals surface area contributed by atoms with E-state index in [9.17, 15) is 20.3 Å². The van der Waals surface area contributed by atoms with Gasteiger partial charge in [-0.25, -0.2) is 0 Å². The number of hydrogen-bond acceptors (Lipinski definition) is 7. The Morgan fingerprint density at radius 3 is 1.69 bits per heavy atom. The van der Waals surface area contributed by atoms with Crippen LogP contribution in [0.15, 0.2) is 107 Å². The standard InChI is InChI=1S/C33H30N4O4.H2O/c38-32-15-13-24-7-1-4-10-27(24)29(32)21-34-17-19-36(23-26-9-3-6-12-31(26)37(40)41)20-18-35-22-30-28-11-5-2-8-25(28)14-16-33(30)39;/h1-16,21-22,38-39H,17-20,23H2;1H2. The van der Waals surface area contributed by atoms with Crippen molar-refractivity contribution in [1.29, 1.82) is 0 Å². The fourth-order valence-corrected chi connectivity index (χ4v) is 4.88. The molecule has 5 aromatic rings. The Labute approximate surface area is 243 Å². The molecule has 0 heterocycles. The number of aliphatic imine (C=N–C) groups is 2.